The van der Waals surface area contributed by atoms with Crippen molar-refractivity contribution in [3.05, 3.63) is 29.8 Å². The molecule has 100 valence electrons. The molecule has 0 aliphatic carbocycles. The number of benzene rings is 1. The van der Waals surface area contributed by atoms with Gasteiger partial charge >= 0.3 is 5.97 Å². The molecule has 0 spiro atoms. The Morgan fingerprint density at radius 3 is 2.28 bits per heavy atom. The fourth-order valence-electron chi connectivity index (χ4n) is 1.92. The summed E-state index contributed by atoms with van der Waals surface area (Å²) in [6, 6.07) is 8.22. The molecular weight excluding hydrogens is 246 g/mol. The summed E-state index contributed by atoms with van der Waals surface area (Å²) in [4.78, 5) is 12.8. The second-order valence-electron chi connectivity index (χ2n) is 4.21. The molecule has 0 fully saturated rings. The highest BCUT2D eigenvalue weighted by Crippen LogP contribution is 2.27. The van der Waals surface area contributed by atoms with Gasteiger partial charge in [0.1, 0.15) is 0 Å². The van der Waals surface area contributed by atoms with Crippen molar-refractivity contribution in [2.45, 2.75) is 31.9 Å². The van der Waals surface area contributed by atoms with E-state index in [0.29, 0.717) is 6.42 Å². The molecule has 1 unspecified atom stereocenters. The van der Waals surface area contributed by atoms with Crippen molar-refractivity contribution in [1.29, 1.82) is 0 Å². The van der Waals surface area contributed by atoms with E-state index in [2.05, 4.69) is 43.5 Å². The third kappa shape index (κ3) is 4.26. The molecule has 0 saturated heterocycles. The number of carbonyl (C=O) groups is 1. The summed E-state index contributed by atoms with van der Waals surface area (Å²) < 4.78 is 0. The van der Waals surface area contributed by atoms with Crippen LogP contribution in [0.25, 0.3) is 0 Å². The Kier molecular flexibility index (Phi) is 6.05. The summed E-state index contributed by atoms with van der Waals surface area (Å²) in [7, 11) is 0. The number of carboxylic acids is 1. The average Bonchev–Trinajstić information content (AvgIpc) is 2.38. The summed E-state index contributed by atoms with van der Waals surface area (Å²) in [6.45, 7) is 6.23. The lowest BCUT2D eigenvalue weighted by molar-refractivity contribution is -0.137. The summed E-state index contributed by atoms with van der Waals surface area (Å²) in [5.74, 6) is -0.770. The first-order valence-corrected chi connectivity index (χ1v) is 6.84. The highest BCUT2D eigenvalue weighted by atomic mass is 32.1. The van der Waals surface area contributed by atoms with Gasteiger partial charge in [0, 0.05) is 30.4 Å². The van der Waals surface area contributed by atoms with Crippen LogP contribution in [0.15, 0.2) is 24.3 Å². The molecule has 0 aliphatic rings. The lowest BCUT2D eigenvalue weighted by atomic mass is 10.1. The predicted molar refractivity (Wildman–Crippen MR) is 78.6 cm³/mol. The van der Waals surface area contributed by atoms with Crippen LogP contribution in [0.2, 0.25) is 0 Å². The van der Waals surface area contributed by atoms with Crippen LogP contribution in [0.5, 0.6) is 0 Å². The topological polar surface area (TPSA) is 40.5 Å². The van der Waals surface area contributed by atoms with Gasteiger partial charge in [-0.1, -0.05) is 12.1 Å². The van der Waals surface area contributed by atoms with E-state index in [0.717, 1.165) is 18.7 Å². The van der Waals surface area contributed by atoms with Gasteiger partial charge in [0.05, 0.1) is 0 Å². The molecule has 0 radical (unpaired) electrons. The molecule has 1 aromatic rings. The lowest BCUT2D eigenvalue weighted by Crippen LogP contribution is -2.21. The van der Waals surface area contributed by atoms with Crippen LogP contribution in [-0.4, -0.2) is 24.2 Å². The van der Waals surface area contributed by atoms with E-state index in [1.807, 2.05) is 12.1 Å². The first-order chi connectivity index (χ1) is 8.58. The van der Waals surface area contributed by atoms with E-state index in [-0.39, 0.29) is 11.7 Å². The van der Waals surface area contributed by atoms with Gasteiger partial charge in [-0.05, 0) is 38.0 Å². The van der Waals surface area contributed by atoms with Gasteiger partial charge in [-0.25, -0.2) is 0 Å². The van der Waals surface area contributed by atoms with Crippen LogP contribution in [-0.2, 0) is 4.79 Å². The molecule has 4 heteroatoms. The minimum absolute atomic E-state index is 0.00754. The van der Waals surface area contributed by atoms with Crippen molar-refractivity contribution in [2.75, 3.05) is 18.0 Å². The molecule has 3 nitrogen and oxygen atoms in total. The van der Waals surface area contributed by atoms with E-state index in [4.69, 9.17) is 5.11 Å². The third-order valence-electron chi connectivity index (χ3n) is 3.04. The maximum absolute atomic E-state index is 10.5. The standard InChI is InChI=1S/C14H21NO2S/c1-3-15(4-2)12-7-5-11(6-8-12)13(18)9-10-14(16)17/h5-8,13,18H,3-4,9-10H2,1-2H3,(H,16,17). The van der Waals surface area contributed by atoms with Crippen molar-refractivity contribution < 1.29 is 9.90 Å². The van der Waals surface area contributed by atoms with Crippen LogP contribution < -0.4 is 4.90 Å². The van der Waals surface area contributed by atoms with Gasteiger partial charge in [0.15, 0.2) is 0 Å². The van der Waals surface area contributed by atoms with Gasteiger partial charge in [0.25, 0.3) is 0 Å². The SMILES string of the molecule is CCN(CC)c1ccc(C(S)CCC(=O)O)cc1. The number of aliphatic carboxylic acids is 1. The predicted octanol–water partition coefficient (Wildman–Crippen LogP) is 3.37. The second kappa shape index (κ2) is 7.31. The maximum atomic E-state index is 10.5. The third-order valence-corrected chi connectivity index (χ3v) is 3.59. The van der Waals surface area contributed by atoms with E-state index in [9.17, 15) is 4.79 Å². The molecule has 1 rings (SSSR count). The van der Waals surface area contributed by atoms with E-state index in [1.165, 1.54) is 5.69 Å². The summed E-state index contributed by atoms with van der Waals surface area (Å²) in [6.07, 6.45) is 0.717. The number of carboxylic acid groups (broad SMARTS) is 1. The van der Waals surface area contributed by atoms with Crippen LogP contribution in [0, 0.1) is 0 Å². The van der Waals surface area contributed by atoms with Gasteiger partial charge in [-0.3, -0.25) is 4.79 Å². The zero-order valence-electron chi connectivity index (χ0n) is 11.0. The zero-order valence-corrected chi connectivity index (χ0v) is 11.9. The van der Waals surface area contributed by atoms with E-state index in [1.54, 1.807) is 0 Å². The molecule has 0 aliphatic heterocycles. The Hall–Kier alpha value is -1.16. The Morgan fingerprint density at radius 2 is 1.83 bits per heavy atom. The van der Waals surface area contributed by atoms with Crippen molar-refractivity contribution in [2.24, 2.45) is 0 Å². The molecule has 0 heterocycles. The first kappa shape index (κ1) is 14.9. The first-order valence-electron chi connectivity index (χ1n) is 6.33. The largest absolute Gasteiger partial charge is 0.481 e. The Balaban J connectivity index is 2.66. The van der Waals surface area contributed by atoms with Crippen molar-refractivity contribution in [3.63, 3.8) is 0 Å². The molecular formula is C14H21NO2S. The fourth-order valence-corrected chi connectivity index (χ4v) is 2.22. The van der Waals surface area contributed by atoms with Gasteiger partial charge in [0.2, 0.25) is 0 Å². The number of hydrogen-bond acceptors (Lipinski definition) is 3. The number of rotatable bonds is 7. The average molecular weight is 267 g/mol. The summed E-state index contributed by atoms with van der Waals surface area (Å²) in [5, 5.41) is 8.64. The van der Waals surface area contributed by atoms with Gasteiger partial charge < -0.3 is 10.0 Å². The molecule has 18 heavy (non-hydrogen) atoms. The van der Waals surface area contributed by atoms with Gasteiger partial charge in [-0.2, -0.15) is 12.6 Å². The normalized spacial score (nSPS) is 12.2. The van der Waals surface area contributed by atoms with Crippen LogP contribution >= 0.6 is 12.6 Å². The second-order valence-corrected chi connectivity index (χ2v) is 4.84. The number of anilines is 1. The number of nitrogens with zero attached hydrogens (tertiary/aromatic N) is 1. The molecule has 0 aromatic heterocycles. The zero-order chi connectivity index (χ0) is 13.5. The van der Waals surface area contributed by atoms with Crippen LogP contribution in [0.1, 0.15) is 37.5 Å². The molecule has 1 atom stereocenters. The lowest BCUT2D eigenvalue weighted by Gasteiger charge is -2.21. The maximum Gasteiger partial charge on any atom is 0.303 e. The molecule has 0 amide bonds. The van der Waals surface area contributed by atoms with E-state index >= 15 is 0 Å². The van der Waals surface area contributed by atoms with Crippen LogP contribution in [0.4, 0.5) is 5.69 Å². The fraction of sp³-hybridized carbons (Fsp3) is 0.500. The van der Waals surface area contributed by atoms with Gasteiger partial charge in [-0.15, -0.1) is 0 Å². The minimum Gasteiger partial charge on any atom is -0.481 e. The number of thiol groups is 1. The van der Waals surface area contributed by atoms with Crippen LogP contribution in [0.3, 0.4) is 0 Å². The Morgan fingerprint density at radius 1 is 1.28 bits per heavy atom. The monoisotopic (exact) mass is 267 g/mol. The smallest absolute Gasteiger partial charge is 0.303 e. The summed E-state index contributed by atoms with van der Waals surface area (Å²) in [5.41, 5.74) is 2.28. The highest BCUT2D eigenvalue weighted by molar-refractivity contribution is 7.80. The quantitative estimate of drug-likeness (QED) is 0.744. The molecule has 1 aromatic carbocycles. The molecule has 0 saturated carbocycles. The summed E-state index contributed by atoms with van der Waals surface area (Å²) >= 11 is 4.45. The minimum atomic E-state index is -0.770. The van der Waals surface area contributed by atoms with E-state index < -0.39 is 5.97 Å². The highest BCUT2D eigenvalue weighted by Gasteiger charge is 2.09. The molecule has 0 bridgehead atoms. The molecule has 1 N–H and O–H groups in total. The van der Waals surface area contributed by atoms with Crippen molar-refractivity contribution in [1.82, 2.24) is 0 Å². The van der Waals surface area contributed by atoms with Crippen molar-refractivity contribution in [3.8, 4) is 0 Å². The Bertz CT molecular complexity index is 374. The number of hydrogen-bond donors (Lipinski definition) is 2. The Labute approximate surface area is 114 Å². The van der Waals surface area contributed by atoms with Crippen molar-refractivity contribution >= 4 is 24.3 Å².